The van der Waals surface area contributed by atoms with Gasteiger partial charge in [-0.15, -0.1) is 0 Å². The van der Waals surface area contributed by atoms with E-state index >= 15 is 0 Å². The van der Waals surface area contributed by atoms with Gasteiger partial charge in [-0.3, -0.25) is 28.8 Å². The van der Waals surface area contributed by atoms with Gasteiger partial charge in [-0.1, -0.05) is 98.8 Å². The number of nitrogens with one attached hydrogen (secondary N) is 2. The topological polar surface area (TPSA) is 151 Å². The molecular formula is C31H37N2O8P. The fraction of sp³-hybridized carbons (Fsp3) is 0.323. The molecule has 1 amide bonds. The first-order valence-corrected chi connectivity index (χ1v) is 15.4. The minimum absolute atomic E-state index is 0.0248. The Morgan fingerprint density at radius 1 is 0.857 bits per heavy atom. The number of carbonyl (C=O) groups is 3. The van der Waals surface area contributed by atoms with Gasteiger partial charge in [-0.25, -0.2) is 0 Å². The summed E-state index contributed by atoms with van der Waals surface area (Å²) in [7, 11) is -4.39. The van der Waals surface area contributed by atoms with Gasteiger partial charge in [0, 0.05) is 12.5 Å². The van der Waals surface area contributed by atoms with E-state index in [0.717, 1.165) is 22.3 Å². The predicted octanol–water partition coefficient (Wildman–Crippen LogP) is 4.37. The summed E-state index contributed by atoms with van der Waals surface area (Å²) < 4.78 is 23.8. The second-order valence-corrected chi connectivity index (χ2v) is 11.9. The van der Waals surface area contributed by atoms with E-state index in [1.165, 1.54) is 0 Å². The number of carboxylic acids is 1. The molecule has 3 aromatic rings. The van der Waals surface area contributed by atoms with Crippen LogP contribution in [0.2, 0.25) is 0 Å². The number of hydrogen-bond acceptors (Lipinski definition) is 7. The molecule has 224 valence electrons. The number of esters is 1. The molecule has 3 aromatic carbocycles. The van der Waals surface area contributed by atoms with Crippen molar-refractivity contribution in [3.05, 3.63) is 96.1 Å². The van der Waals surface area contributed by atoms with Crippen LogP contribution in [0.15, 0.2) is 84.9 Å². The average Bonchev–Trinajstić information content (AvgIpc) is 2.95. The van der Waals surface area contributed by atoms with Crippen LogP contribution in [0.3, 0.4) is 0 Å². The van der Waals surface area contributed by atoms with Crippen LogP contribution < -0.4 is 10.6 Å². The fourth-order valence-corrected chi connectivity index (χ4v) is 5.15. The summed E-state index contributed by atoms with van der Waals surface area (Å²) in [6.45, 7) is 3.27. The van der Waals surface area contributed by atoms with E-state index in [0.29, 0.717) is 0 Å². The number of carbonyl (C=O) groups excluding carboxylic acids is 2. The molecule has 3 atom stereocenters. The summed E-state index contributed by atoms with van der Waals surface area (Å²) in [5.41, 5.74) is 3.54. The van der Waals surface area contributed by atoms with Crippen LogP contribution in [0.5, 0.6) is 0 Å². The number of amides is 1. The first-order valence-electron chi connectivity index (χ1n) is 13.6. The Morgan fingerprint density at radius 2 is 1.45 bits per heavy atom. The Morgan fingerprint density at radius 3 is 2.05 bits per heavy atom. The maximum absolute atomic E-state index is 13.0. The summed E-state index contributed by atoms with van der Waals surface area (Å²) >= 11 is 0. The first-order chi connectivity index (χ1) is 20.0. The molecule has 0 aliphatic heterocycles. The minimum atomic E-state index is -4.39. The maximum atomic E-state index is 13.0. The van der Waals surface area contributed by atoms with Crippen molar-refractivity contribution < 1.29 is 38.2 Å². The third kappa shape index (κ3) is 11.2. The van der Waals surface area contributed by atoms with Gasteiger partial charge in [0.25, 0.3) is 0 Å². The molecule has 0 saturated heterocycles. The Hall–Kier alpha value is -3.82. The second kappa shape index (κ2) is 16.0. The lowest BCUT2D eigenvalue weighted by Gasteiger charge is -2.26. The Labute approximate surface area is 245 Å². The van der Waals surface area contributed by atoms with E-state index in [2.05, 4.69) is 10.6 Å². The summed E-state index contributed by atoms with van der Waals surface area (Å²) in [6.07, 6.45) is -2.02. The van der Waals surface area contributed by atoms with Crippen molar-refractivity contribution in [2.75, 3.05) is 12.8 Å². The zero-order valence-corrected chi connectivity index (χ0v) is 24.5. The van der Waals surface area contributed by atoms with Crippen molar-refractivity contribution in [3.8, 4) is 11.1 Å². The van der Waals surface area contributed by atoms with Gasteiger partial charge in [0.05, 0.1) is 25.2 Å². The van der Waals surface area contributed by atoms with Gasteiger partial charge in [0.2, 0.25) is 12.2 Å². The smallest absolute Gasteiger partial charge is 0.344 e. The van der Waals surface area contributed by atoms with E-state index < -0.39 is 50.0 Å². The van der Waals surface area contributed by atoms with E-state index in [4.69, 9.17) is 14.4 Å². The largest absolute Gasteiger partial charge is 0.481 e. The standard InChI is InChI=1S/C31H37N2O8P/c1-22(2)31(40-29(36)20-23-9-5-3-6-10-23)41-42(38,39)21-33-27(30(37)32-18-17-28(34)35)19-24-13-15-26(16-14-24)25-11-7-4-8-12-25/h3-16,22,27,31,33H,17-21H2,1-2H3,(H,32,37)(H,34,35)(H,38,39)/t27?,31-/m0/s1. The van der Waals surface area contributed by atoms with Gasteiger partial charge < -0.3 is 20.1 Å². The highest BCUT2D eigenvalue weighted by molar-refractivity contribution is 7.52. The normalized spacial score (nSPS) is 14.0. The van der Waals surface area contributed by atoms with Gasteiger partial charge in [0.1, 0.15) is 0 Å². The van der Waals surface area contributed by atoms with Crippen molar-refractivity contribution in [2.24, 2.45) is 5.92 Å². The fourth-order valence-electron chi connectivity index (χ4n) is 4.01. The summed E-state index contributed by atoms with van der Waals surface area (Å²) in [4.78, 5) is 46.9. The molecule has 0 spiro atoms. The Balaban J connectivity index is 1.65. The third-order valence-electron chi connectivity index (χ3n) is 6.24. The number of benzene rings is 3. The highest BCUT2D eigenvalue weighted by Gasteiger charge is 2.31. The minimum Gasteiger partial charge on any atom is -0.481 e. The molecular weight excluding hydrogens is 559 g/mol. The molecule has 3 rings (SSSR count). The molecule has 0 aliphatic carbocycles. The maximum Gasteiger partial charge on any atom is 0.344 e. The van der Waals surface area contributed by atoms with Crippen molar-refractivity contribution in [1.29, 1.82) is 0 Å². The van der Waals surface area contributed by atoms with Gasteiger partial charge in [-0.2, -0.15) is 0 Å². The molecule has 10 nitrogen and oxygen atoms in total. The monoisotopic (exact) mass is 596 g/mol. The molecule has 0 aliphatic rings. The molecule has 0 aromatic heterocycles. The highest BCUT2D eigenvalue weighted by atomic mass is 31.2. The lowest BCUT2D eigenvalue weighted by molar-refractivity contribution is -0.169. The lowest BCUT2D eigenvalue weighted by atomic mass is 10.0. The molecule has 0 fully saturated rings. The molecule has 0 radical (unpaired) electrons. The van der Waals surface area contributed by atoms with Crippen LogP contribution in [0.25, 0.3) is 11.1 Å². The molecule has 4 N–H and O–H groups in total. The number of carboxylic acid groups (broad SMARTS) is 1. The summed E-state index contributed by atoms with van der Waals surface area (Å²) in [6, 6.07) is 25.3. The van der Waals surface area contributed by atoms with Crippen molar-refractivity contribution in [1.82, 2.24) is 10.6 Å². The van der Waals surface area contributed by atoms with Crippen molar-refractivity contribution >= 4 is 25.4 Å². The van der Waals surface area contributed by atoms with E-state index in [-0.39, 0.29) is 25.8 Å². The highest BCUT2D eigenvalue weighted by Crippen LogP contribution is 2.43. The van der Waals surface area contributed by atoms with E-state index in [1.807, 2.05) is 60.7 Å². The molecule has 11 heteroatoms. The van der Waals surface area contributed by atoms with Crippen LogP contribution in [0.4, 0.5) is 0 Å². The molecule has 0 bridgehead atoms. The first kappa shape index (κ1) is 32.7. The molecule has 0 saturated carbocycles. The molecule has 0 heterocycles. The van der Waals surface area contributed by atoms with Crippen LogP contribution >= 0.6 is 7.60 Å². The Bertz CT molecular complexity index is 1350. The zero-order chi connectivity index (χ0) is 30.5. The van der Waals surface area contributed by atoms with Crippen molar-refractivity contribution in [3.63, 3.8) is 0 Å². The average molecular weight is 597 g/mol. The SMILES string of the molecule is CC(C)[C@@H](OC(=O)Cc1ccccc1)OP(=O)(O)CNC(Cc1ccc(-c2ccccc2)cc1)C(=O)NCCC(=O)O. The van der Waals surface area contributed by atoms with Crippen molar-refractivity contribution in [2.45, 2.75) is 45.4 Å². The number of rotatable bonds is 16. The van der Waals surface area contributed by atoms with Gasteiger partial charge >= 0.3 is 19.5 Å². The number of aliphatic carboxylic acids is 1. The van der Waals surface area contributed by atoms with Gasteiger partial charge in [0.15, 0.2) is 0 Å². The van der Waals surface area contributed by atoms with Crippen LogP contribution in [-0.4, -0.2) is 53.0 Å². The number of hydrogen-bond donors (Lipinski definition) is 4. The summed E-state index contributed by atoms with van der Waals surface area (Å²) in [5, 5.41) is 14.3. The molecule has 42 heavy (non-hydrogen) atoms. The van der Waals surface area contributed by atoms with Crippen LogP contribution in [0, 0.1) is 5.92 Å². The number of ether oxygens (including phenoxy) is 1. The van der Waals surface area contributed by atoms with Crippen LogP contribution in [0.1, 0.15) is 31.4 Å². The van der Waals surface area contributed by atoms with Crippen LogP contribution in [-0.2, 0) is 41.1 Å². The zero-order valence-electron chi connectivity index (χ0n) is 23.6. The quantitative estimate of drug-likeness (QED) is 0.107. The third-order valence-corrected chi connectivity index (χ3v) is 7.36. The van der Waals surface area contributed by atoms with Gasteiger partial charge in [-0.05, 0) is 28.7 Å². The predicted molar refractivity (Wildman–Crippen MR) is 158 cm³/mol. The van der Waals surface area contributed by atoms with E-state index in [1.54, 1.807) is 38.1 Å². The molecule has 2 unspecified atom stereocenters. The summed E-state index contributed by atoms with van der Waals surface area (Å²) in [5.74, 6) is -2.63. The Kier molecular flexibility index (Phi) is 12.4. The lowest BCUT2D eigenvalue weighted by Crippen LogP contribution is -2.46. The second-order valence-electron chi connectivity index (χ2n) is 10.1. The van der Waals surface area contributed by atoms with E-state index in [9.17, 15) is 23.8 Å².